The molecule has 0 bridgehead atoms. The van der Waals surface area contributed by atoms with Crippen molar-refractivity contribution in [2.45, 2.75) is 13.1 Å². The number of nitrogens with two attached hydrogens (primary N) is 2. The Kier molecular flexibility index (Phi) is 3.05. The molecular formula is C12H11F3N4. The van der Waals surface area contributed by atoms with Crippen LogP contribution in [0, 0.1) is 6.92 Å². The Bertz CT molecular complexity index is 623. The van der Waals surface area contributed by atoms with Crippen LogP contribution in [0.5, 0.6) is 0 Å². The Labute approximate surface area is 107 Å². The van der Waals surface area contributed by atoms with Gasteiger partial charge in [0.15, 0.2) is 0 Å². The Morgan fingerprint density at radius 1 is 1.05 bits per heavy atom. The van der Waals surface area contributed by atoms with Gasteiger partial charge in [-0.25, -0.2) is 0 Å². The van der Waals surface area contributed by atoms with E-state index in [1.807, 2.05) is 0 Å². The first-order valence-corrected chi connectivity index (χ1v) is 5.36. The highest BCUT2D eigenvalue weighted by molar-refractivity contribution is 5.85. The van der Waals surface area contributed by atoms with Crippen molar-refractivity contribution in [2.75, 3.05) is 11.5 Å². The molecule has 0 saturated carbocycles. The van der Waals surface area contributed by atoms with Crippen LogP contribution < -0.4 is 11.5 Å². The standard InChI is InChI=1S/C12H11F3N4/c1-6-4-5-18-19-11(6)7-2-3-8(12(13,14)15)10(17)9(7)16/h2-5H,16-17H2,1H3. The molecule has 19 heavy (non-hydrogen) atoms. The zero-order chi connectivity index (χ0) is 14.2. The van der Waals surface area contributed by atoms with E-state index in [4.69, 9.17) is 11.5 Å². The first kappa shape index (κ1) is 13.1. The summed E-state index contributed by atoms with van der Waals surface area (Å²) in [5.74, 6) is 0. The first-order chi connectivity index (χ1) is 8.82. The summed E-state index contributed by atoms with van der Waals surface area (Å²) in [6.45, 7) is 1.76. The molecule has 1 heterocycles. The number of nitrogens with zero attached hydrogens (tertiary/aromatic N) is 2. The first-order valence-electron chi connectivity index (χ1n) is 5.36. The van der Waals surface area contributed by atoms with Gasteiger partial charge in [-0.05, 0) is 30.7 Å². The molecule has 1 aromatic heterocycles. The number of anilines is 2. The van der Waals surface area contributed by atoms with Gasteiger partial charge in [-0.2, -0.15) is 23.4 Å². The van der Waals surface area contributed by atoms with E-state index in [1.54, 1.807) is 13.0 Å². The van der Waals surface area contributed by atoms with E-state index >= 15 is 0 Å². The van der Waals surface area contributed by atoms with Crippen LogP contribution in [0.15, 0.2) is 24.4 Å². The molecule has 0 saturated heterocycles. The minimum atomic E-state index is -4.53. The molecule has 0 amide bonds. The Morgan fingerprint density at radius 3 is 2.32 bits per heavy atom. The predicted molar refractivity (Wildman–Crippen MR) is 66.0 cm³/mol. The fourth-order valence-corrected chi connectivity index (χ4v) is 1.75. The van der Waals surface area contributed by atoms with Crippen molar-refractivity contribution in [1.82, 2.24) is 10.2 Å². The molecule has 0 aliphatic heterocycles. The average Bonchev–Trinajstić information content (AvgIpc) is 2.32. The van der Waals surface area contributed by atoms with Crippen LogP contribution in [-0.4, -0.2) is 10.2 Å². The SMILES string of the molecule is Cc1ccnnc1-c1ccc(C(F)(F)F)c(N)c1N. The quantitative estimate of drug-likeness (QED) is 0.779. The molecule has 0 aliphatic rings. The van der Waals surface area contributed by atoms with Gasteiger partial charge < -0.3 is 11.5 Å². The molecule has 2 rings (SSSR count). The second-order valence-electron chi connectivity index (χ2n) is 4.05. The molecule has 4 N–H and O–H groups in total. The second-order valence-corrected chi connectivity index (χ2v) is 4.05. The van der Waals surface area contributed by atoms with Crippen molar-refractivity contribution in [3.05, 3.63) is 35.5 Å². The van der Waals surface area contributed by atoms with Gasteiger partial charge >= 0.3 is 6.18 Å². The lowest BCUT2D eigenvalue weighted by Crippen LogP contribution is -2.11. The number of nitrogen functional groups attached to an aromatic ring is 2. The summed E-state index contributed by atoms with van der Waals surface area (Å²) < 4.78 is 38.0. The van der Waals surface area contributed by atoms with E-state index in [0.29, 0.717) is 11.3 Å². The average molecular weight is 268 g/mol. The molecule has 0 fully saturated rings. The summed E-state index contributed by atoms with van der Waals surface area (Å²) in [6, 6.07) is 3.84. The monoisotopic (exact) mass is 268 g/mol. The second kappa shape index (κ2) is 4.42. The Balaban J connectivity index is 2.64. The van der Waals surface area contributed by atoms with E-state index in [9.17, 15) is 13.2 Å². The van der Waals surface area contributed by atoms with Gasteiger partial charge in [0.1, 0.15) is 0 Å². The summed E-state index contributed by atoms with van der Waals surface area (Å²) in [4.78, 5) is 0. The molecule has 0 radical (unpaired) electrons. The molecule has 0 spiro atoms. The topological polar surface area (TPSA) is 77.8 Å². The lowest BCUT2D eigenvalue weighted by molar-refractivity contribution is -0.136. The Hall–Kier alpha value is -2.31. The van der Waals surface area contributed by atoms with Crippen molar-refractivity contribution < 1.29 is 13.2 Å². The highest BCUT2D eigenvalue weighted by atomic mass is 19.4. The number of hydrogen-bond donors (Lipinski definition) is 2. The molecule has 0 unspecified atom stereocenters. The summed E-state index contributed by atoms with van der Waals surface area (Å²) >= 11 is 0. The summed E-state index contributed by atoms with van der Waals surface area (Å²) in [5, 5.41) is 7.57. The van der Waals surface area contributed by atoms with Gasteiger partial charge in [0, 0.05) is 11.8 Å². The van der Waals surface area contributed by atoms with Crippen molar-refractivity contribution in [3.63, 3.8) is 0 Å². The number of benzene rings is 1. The zero-order valence-electron chi connectivity index (χ0n) is 9.99. The lowest BCUT2D eigenvalue weighted by atomic mass is 10.0. The fourth-order valence-electron chi connectivity index (χ4n) is 1.75. The van der Waals surface area contributed by atoms with Crippen LogP contribution in [-0.2, 0) is 6.18 Å². The maximum atomic E-state index is 12.7. The smallest absolute Gasteiger partial charge is 0.397 e. The maximum absolute atomic E-state index is 12.7. The van der Waals surface area contributed by atoms with Crippen LogP contribution in [0.3, 0.4) is 0 Å². The third-order valence-electron chi connectivity index (χ3n) is 2.77. The third-order valence-corrected chi connectivity index (χ3v) is 2.77. The van der Waals surface area contributed by atoms with Gasteiger partial charge in [-0.1, -0.05) is 0 Å². The predicted octanol–water partition coefficient (Wildman–Crippen LogP) is 2.64. The van der Waals surface area contributed by atoms with Gasteiger partial charge in [0.2, 0.25) is 0 Å². The van der Waals surface area contributed by atoms with E-state index < -0.39 is 17.4 Å². The number of aryl methyl sites for hydroxylation is 1. The van der Waals surface area contributed by atoms with Gasteiger partial charge in [0.05, 0.1) is 22.6 Å². The van der Waals surface area contributed by atoms with Gasteiger partial charge in [-0.15, -0.1) is 0 Å². The minimum Gasteiger partial charge on any atom is -0.397 e. The zero-order valence-corrected chi connectivity index (χ0v) is 9.99. The molecule has 2 aromatic rings. The molecule has 100 valence electrons. The van der Waals surface area contributed by atoms with Crippen LogP contribution >= 0.6 is 0 Å². The normalized spacial score (nSPS) is 11.6. The highest BCUT2D eigenvalue weighted by Gasteiger charge is 2.34. The van der Waals surface area contributed by atoms with E-state index in [2.05, 4.69) is 10.2 Å². The van der Waals surface area contributed by atoms with Crippen molar-refractivity contribution >= 4 is 11.4 Å². The lowest BCUT2D eigenvalue weighted by Gasteiger charge is -2.15. The number of rotatable bonds is 1. The molecule has 0 atom stereocenters. The summed E-state index contributed by atoms with van der Waals surface area (Å²) in [6.07, 6.45) is -3.05. The van der Waals surface area contributed by atoms with Gasteiger partial charge in [-0.3, -0.25) is 0 Å². The molecular weight excluding hydrogens is 257 g/mol. The number of aromatic nitrogens is 2. The maximum Gasteiger partial charge on any atom is 0.418 e. The van der Waals surface area contributed by atoms with Crippen LogP contribution in [0.2, 0.25) is 0 Å². The largest absolute Gasteiger partial charge is 0.418 e. The fraction of sp³-hybridized carbons (Fsp3) is 0.167. The minimum absolute atomic E-state index is 0.140. The number of halogens is 3. The van der Waals surface area contributed by atoms with Crippen LogP contribution in [0.25, 0.3) is 11.3 Å². The third kappa shape index (κ3) is 2.31. The summed E-state index contributed by atoms with van der Waals surface area (Å²) in [5.41, 5.74) is 11.1. The molecule has 1 aromatic carbocycles. The van der Waals surface area contributed by atoms with Crippen molar-refractivity contribution in [1.29, 1.82) is 0 Å². The van der Waals surface area contributed by atoms with Crippen molar-refractivity contribution in [3.8, 4) is 11.3 Å². The van der Waals surface area contributed by atoms with Gasteiger partial charge in [0.25, 0.3) is 0 Å². The highest BCUT2D eigenvalue weighted by Crippen LogP contribution is 2.40. The van der Waals surface area contributed by atoms with E-state index in [1.165, 1.54) is 12.3 Å². The van der Waals surface area contributed by atoms with E-state index in [0.717, 1.165) is 11.6 Å². The molecule has 4 nitrogen and oxygen atoms in total. The summed E-state index contributed by atoms with van der Waals surface area (Å²) in [7, 11) is 0. The molecule has 7 heteroatoms. The van der Waals surface area contributed by atoms with Crippen LogP contribution in [0.1, 0.15) is 11.1 Å². The Morgan fingerprint density at radius 2 is 1.74 bits per heavy atom. The van der Waals surface area contributed by atoms with Crippen LogP contribution in [0.4, 0.5) is 24.5 Å². The molecule has 0 aliphatic carbocycles. The van der Waals surface area contributed by atoms with E-state index in [-0.39, 0.29) is 5.69 Å². The van der Waals surface area contributed by atoms with Crippen molar-refractivity contribution in [2.24, 2.45) is 0 Å². The number of alkyl halides is 3. The number of hydrogen-bond acceptors (Lipinski definition) is 4.